The standard InChI is InChI=1S/C12H11ClN2O4/c1-15-10(17)5-8(12(15)19)14-11(18)7-4-6(13)2-3-9(7)16/h2-4,8,16H,5H2,1H3,(H,14,18). The molecule has 2 rings (SSSR count). The molecule has 100 valence electrons. The molecule has 0 radical (unpaired) electrons. The van der Waals surface area contributed by atoms with Crippen LogP contribution in [0.25, 0.3) is 0 Å². The Balaban J connectivity index is 2.16. The van der Waals surface area contributed by atoms with E-state index in [1.54, 1.807) is 0 Å². The molecule has 0 spiro atoms. The van der Waals surface area contributed by atoms with Gasteiger partial charge in [-0.15, -0.1) is 0 Å². The number of rotatable bonds is 2. The Morgan fingerprint density at radius 2 is 2.16 bits per heavy atom. The minimum Gasteiger partial charge on any atom is -0.507 e. The number of likely N-dealkylation sites (N-methyl/N-ethyl adjacent to an activating group) is 1. The second-order valence-corrected chi connectivity index (χ2v) is 4.62. The van der Waals surface area contributed by atoms with E-state index in [1.807, 2.05) is 0 Å². The van der Waals surface area contributed by atoms with Gasteiger partial charge < -0.3 is 10.4 Å². The largest absolute Gasteiger partial charge is 0.507 e. The number of amides is 3. The summed E-state index contributed by atoms with van der Waals surface area (Å²) in [5.41, 5.74) is -0.0395. The number of nitrogens with zero attached hydrogens (tertiary/aromatic N) is 1. The predicted molar refractivity (Wildman–Crippen MR) is 66.8 cm³/mol. The number of hydrogen-bond donors (Lipinski definition) is 2. The van der Waals surface area contributed by atoms with Gasteiger partial charge in [-0.25, -0.2) is 0 Å². The Hall–Kier alpha value is -2.08. The Bertz CT molecular complexity index is 573. The molecule has 0 bridgehead atoms. The van der Waals surface area contributed by atoms with Crippen molar-refractivity contribution in [1.29, 1.82) is 0 Å². The number of hydrogen-bond acceptors (Lipinski definition) is 4. The zero-order valence-electron chi connectivity index (χ0n) is 10.0. The molecule has 19 heavy (non-hydrogen) atoms. The average Bonchev–Trinajstić information content (AvgIpc) is 2.60. The number of halogens is 1. The summed E-state index contributed by atoms with van der Waals surface area (Å²) in [6, 6.07) is 3.11. The second-order valence-electron chi connectivity index (χ2n) is 4.18. The van der Waals surface area contributed by atoms with Crippen molar-refractivity contribution < 1.29 is 19.5 Å². The van der Waals surface area contributed by atoms with Gasteiger partial charge in [0.15, 0.2) is 0 Å². The molecule has 1 unspecified atom stereocenters. The molecule has 0 aliphatic carbocycles. The van der Waals surface area contributed by atoms with E-state index >= 15 is 0 Å². The normalized spacial score (nSPS) is 18.8. The molecule has 6 nitrogen and oxygen atoms in total. The van der Waals surface area contributed by atoms with Crippen LogP contribution < -0.4 is 5.32 Å². The molecular formula is C12H11ClN2O4. The van der Waals surface area contributed by atoms with E-state index < -0.39 is 17.9 Å². The number of imide groups is 1. The summed E-state index contributed by atoms with van der Waals surface area (Å²) in [5, 5.41) is 12.3. The van der Waals surface area contributed by atoms with Gasteiger partial charge in [0.2, 0.25) is 5.91 Å². The Morgan fingerprint density at radius 1 is 1.47 bits per heavy atom. The third-order valence-corrected chi connectivity index (χ3v) is 3.13. The topological polar surface area (TPSA) is 86.7 Å². The highest BCUT2D eigenvalue weighted by atomic mass is 35.5. The van der Waals surface area contributed by atoms with Crippen LogP contribution in [0.1, 0.15) is 16.8 Å². The van der Waals surface area contributed by atoms with E-state index in [0.29, 0.717) is 0 Å². The van der Waals surface area contributed by atoms with E-state index in [1.165, 1.54) is 25.2 Å². The maximum absolute atomic E-state index is 11.9. The first-order valence-electron chi connectivity index (χ1n) is 5.50. The van der Waals surface area contributed by atoms with Crippen LogP contribution in [-0.4, -0.2) is 40.8 Å². The fourth-order valence-electron chi connectivity index (χ4n) is 1.79. The van der Waals surface area contributed by atoms with E-state index in [2.05, 4.69) is 5.32 Å². The first-order valence-corrected chi connectivity index (χ1v) is 5.87. The molecule has 1 fully saturated rings. The molecule has 1 atom stereocenters. The maximum atomic E-state index is 11.9. The molecular weight excluding hydrogens is 272 g/mol. The molecule has 7 heteroatoms. The number of nitrogens with one attached hydrogen (secondary N) is 1. The van der Waals surface area contributed by atoms with E-state index in [9.17, 15) is 19.5 Å². The number of carbonyl (C=O) groups is 3. The van der Waals surface area contributed by atoms with Crippen LogP contribution in [0.5, 0.6) is 5.75 Å². The number of carbonyl (C=O) groups excluding carboxylic acids is 3. The summed E-state index contributed by atoms with van der Waals surface area (Å²) >= 11 is 5.73. The minimum atomic E-state index is -0.900. The minimum absolute atomic E-state index is 0.0395. The first-order chi connectivity index (χ1) is 8.90. The van der Waals surface area contributed by atoms with E-state index in [0.717, 1.165) is 4.90 Å². The van der Waals surface area contributed by atoms with Gasteiger partial charge in [-0.3, -0.25) is 19.3 Å². The van der Waals surface area contributed by atoms with Crippen molar-refractivity contribution in [3.05, 3.63) is 28.8 Å². The molecule has 1 aliphatic heterocycles. The molecule has 1 aromatic rings. The number of phenolic OH excluding ortho intramolecular Hbond substituents is 1. The lowest BCUT2D eigenvalue weighted by Gasteiger charge is -2.12. The van der Waals surface area contributed by atoms with Gasteiger partial charge >= 0.3 is 0 Å². The molecule has 1 saturated heterocycles. The number of benzene rings is 1. The van der Waals surface area contributed by atoms with Gasteiger partial charge in [0.05, 0.1) is 12.0 Å². The number of likely N-dealkylation sites (tertiary alicyclic amines) is 1. The smallest absolute Gasteiger partial charge is 0.255 e. The van der Waals surface area contributed by atoms with Gasteiger partial charge in [-0.1, -0.05) is 11.6 Å². The lowest BCUT2D eigenvalue weighted by atomic mass is 10.1. The first kappa shape index (κ1) is 13.4. The molecule has 3 amide bonds. The van der Waals surface area contributed by atoms with Crippen LogP contribution in [0.15, 0.2) is 18.2 Å². The molecule has 1 heterocycles. The van der Waals surface area contributed by atoms with Gasteiger partial charge in [0.25, 0.3) is 11.8 Å². The molecule has 0 aromatic heterocycles. The highest BCUT2D eigenvalue weighted by molar-refractivity contribution is 6.31. The Morgan fingerprint density at radius 3 is 2.74 bits per heavy atom. The van der Waals surface area contributed by atoms with Crippen LogP contribution in [-0.2, 0) is 9.59 Å². The lowest BCUT2D eigenvalue weighted by molar-refractivity contribution is -0.137. The van der Waals surface area contributed by atoms with Crippen LogP contribution in [0, 0.1) is 0 Å². The summed E-state index contributed by atoms with van der Waals surface area (Å²) < 4.78 is 0. The third kappa shape index (κ3) is 2.53. The van der Waals surface area contributed by atoms with Crippen LogP contribution in [0.2, 0.25) is 5.02 Å². The zero-order chi connectivity index (χ0) is 14.2. The van der Waals surface area contributed by atoms with Crippen molar-refractivity contribution in [3.8, 4) is 5.75 Å². The van der Waals surface area contributed by atoms with Crippen molar-refractivity contribution in [2.24, 2.45) is 0 Å². The summed E-state index contributed by atoms with van der Waals surface area (Å²) in [6.07, 6.45) is -0.0810. The average molecular weight is 283 g/mol. The third-order valence-electron chi connectivity index (χ3n) is 2.89. The van der Waals surface area contributed by atoms with E-state index in [4.69, 9.17) is 11.6 Å². The van der Waals surface area contributed by atoms with Crippen LogP contribution in [0.4, 0.5) is 0 Å². The molecule has 0 saturated carbocycles. The zero-order valence-corrected chi connectivity index (χ0v) is 10.8. The second kappa shape index (κ2) is 4.89. The summed E-state index contributed by atoms with van der Waals surface area (Å²) in [6.45, 7) is 0. The van der Waals surface area contributed by atoms with Crippen LogP contribution in [0.3, 0.4) is 0 Å². The highest BCUT2D eigenvalue weighted by Crippen LogP contribution is 2.22. The fourth-order valence-corrected chi connectivity index (χ4v) is 1.97. The SMILES string of the molecule is CN1C(=O)CC(NC(=O)c2cc(Cl)ccc2O)C1=O. The maximum Gasteiger partial charge on any atom is 0.255 e. The highest BCUT2D eigenvalue weighted by Gasteiger charge is 2.37. The van der Waals surface area contributed by atoms with Crippen molar-refractivity contribution in [3.63, 3.8) is 0 Å². The summed E-state index contributed by atoms with van der Waals surface area (Å²) in [7, 11) is 1.35. The van der Waals surface area contributed by atoms with Gasteiger partial charge in [0.1, 0.15) is 11.8 Å². The summed E-state index contributed by atoms with van der Waals surface area (Å²) in [4.78, 5) is 35.8. The lowest BCUT2D eigenvalue weighted by Crippen LogP contribution is -2.40. The molecule has 2 N–H and O–H groups in total. The number of aromatic hydroxyl groups is 1. The van der Waals surface area contributed by atoms with Gasteiger partial charge in [-0.2, -0.15) is 0 Å². The Kier molecular flexibility index (Phi) is 3.44. The predicted octanol–water partition coefficient (Wildman–Crippen LogP) is 0.533. The fraction of sp³-hybridized carbons (Fsp3) is 0.250. The quantitative estimate of drug-likeness (QED) is 0.775. The monoisotopic (exact) mass is 282 g/mol. The van der Waals surface area contributed by atoms with Crippen molar-refractivity contribution in [2.75, 3.05) is 7.05 Å². The number of phenols is 1. The van der Waals surface area contributed by atoms with E-state index in [-0.39, 0.29) is 28.7 Å². The summed E-state index contributed by atoms with van der Waals surface area (Å²) in [5.74, 6) is -1.72. The Labute approximate surface area is 114 Å². The van der Waals surface area contributed by atoms with Crippen LogP contribution >= 0.6 is 11.6 Å². The van der Waals surface area contributed by atoms with Gasteiger partial charge in [0, 0.05) is 12.1 Å². The van der Waals surface area contributed by atoms with Crippen molar-refractivity contribution >= 4 is 29.3 Å². The van der Waals surface area contributed by atoms with Crippen molar-refractivity contribution in [1.82, 2.24) is 10.2 Å². The van der Waals surface area contributed by atoms with Gasteiger partial charge in [-0.05, 0) is 18.2 Å². The molecule has 1 aromatic carbocycles. The molecule has 1 aliphatic rings. The van der Waals surface area contributed by atoms with Crippen molar-refractivity contribution in [2.45, 2.75) is 12.5 Å².